The Kier molecular flexibility index (Phi) is 6.99. The highest BCUT2D eigenvalue weighted by atomic mass is 35.5. The average molecular weight is 556 g/mol. The summed E-state index contributed by atoms with van der Waals surface area (Å²) in [5.41, 5.74) is -1.10. The van der Waals surface area contributed by atoms with Crippen molar-refractivity contribution < 1.29 is 14.0 Å². The Balaban J connectivity index is 1.47. The van der Waals surface area contributed by atoms with Crippen molar-refractivity contribution in [1.82, 2.24) is 29.3 Å². The molecule has 14 heteroatoms. The van der Waals surface area contributed by atoms with Crippen LogP contribution in [0.4, 0.5) is 10.2 Å². The van der Waals surface area contributed by atoms with Gasteiger partial charge >= 0.3 is 5.91 Å². The summed E-state index contributed by atoms with van der Waals surface area (Å²) >= 11 is 8.50. The molecule has 37 heavy (non-hydrogen) atoms. The standard InChI is InChI=1S/C23H15ClFN7O3S2/c24-17-3-2-13(37-17)11-29-18-10-15(30-32(18)23(35)21-28-7-9-36-21)14-4-8-31(22(34)19(14)25)12-16(33)20-26-5-1-6-27-20/h1-10,29H,11-12H2. The molecule has 186 valence electrons. The van der Waals surface area contributed by atoms with Gasteiger partial charge in [0.1, 0.15) is 5.82 Å². The fraction of sp³-hybridized carbons (Fsp3) is 0.0870. The molecule has 5 aromatic rings. The summed E-state index contributed by atoms with van der Waals surface area (Å²) in [5.74, 6) is -1.99. The van der Waals surface area contributed by atoms with Crippen LogP contribution in [0.2, 0.25) is 4.34 Å². The van der Waals surface area contributed by atoms with E-state index in [1.54, 1.807) is 17.5 Å². The third-order valence-corrected chi connectivity index (χ3v) is 7.09. The largest absolute Gasteiger partial charge is 0.365 e. The van der Waals surface area contributed by atoms with Crippen molar-refractivity contribution in [3.8, 4) is 11.3 Å². The summed E-state index contributed by atoms with van der Waals surface area (Å²) in [6, 6.07) is 7.93. The molecule has 0 unspecified atom stereocenters. The van der Waals surface area contributed by atoms with Crippen molar-refractivity contribution in [3.63, 3.8) is 0 Å². The topological polar surface area (TPSA) is 125 Å². The number of pyridine rings is 1. The second-order valence-corrected chi connectivity index (χ2v) is 10.2. The van der Waals surface area contributed by atoms with Crippen LogP contribution in [0.5, 0.6) is 0 Å². The molecule has 5 heterocycles. The number of halogens is 2. The van der Waals surface area contributed by atoms with Gasteiger partial charge in [0.25, 0.3) is 5.56 Å². The molecule has 0 saturated heterocycles. The number of ketones is 1. The lowest BCUT2D eigenvalue weighted by atomic mass is 10.2. The second kappa shape index (κ2) is 10.5. The first-order chi connectivity index (χ1) is 17.9. The average Bonchev–Trinajstić information content (AvgIpc) is 3.67. The van der Waals surface area contributed by atoms with Gasteiger partial charge in [-0.25, -0.2) is 19.3 Å². The van der Waals surface area contributed by atoms with E-state index in [1.165, 1.54) is 48.3 Å². The van der Waals surface area contributed by atoms with Crippen molar-refractivity contribution in [3.05, 3.63) is 96.7 Å². The number of rotatable bonds is 8. The van der Waals surface area contributed by atoms with E-state index in [2.05, 4.69) is 25.4 Å². The van der Waals surface area contributed by atoms with Crippen molar-refractivity contribution in [2.75, 3.05) is 5.32 Å². The van der Waals surface area contributed by atoms with Gasteiger partial charge in [-0.15, -0.1) is 22.7 Å². The molecule has 0 amide bonds. The SMILES string of the molecule is O=C(Cn1ccc(-c2cc(NCc3ccc(Cl)s3)n(C(=O)c3nccs3)n2)c(F)c1=O)c1ncccn1. The van der Waals surface area contributed by atoms with E-state index in [0.717, 1.165) is 25.5 Å². The van der Waals surface area contributed by atoms with Crippen LogP contribution in [0.25, 0.3) is 11.3 Å². The van der Waals surface area contributed by atoms with Crippen LogP contribution in [0.15, 0.2) is 65.3 Å². The highest BCUT2D eigenvalue weighted by molar-refractivity contribution is 7.16. The number of aromatic nitrogens is 6. The van der Waals surface area contributed by atoms with Crippen LogP contribution in [-0.2, 0) is 13.1 Å². The van der Waals surface area contributed by atoms with Gasteiger partial charge in [-0.1, -0.05) is 11.6 Å². The lowest BCUT2D eigenvalue weighted by Gasteiger charge is -2.06. The molecule has 0 saturated carbocycles. The first-order valence-electron chi connectivity index (χ1n) is 10.6. The van der Waals surface area contributed by atoms with E-state index in [1.807, 2.05) is 6.07 Å². The van der Waals surface area contributed by atoms with Crippen LogP contribution in [0, 0.1) is 5.82 Å². The van der Waals surface area contributed by atoms with Crippen LogP contribution in [0.3, 0.4) is 0 Å². The van der Waals surface area contributed by atoms with Gasteiger partial charge < -0.3 is 9.88 Å². The Morgan fingerprint density at radius 3 is 2.62 bits per heavy atom. The van der Waals surface area contributed by atoms with Crippen molar-refractivity contribution in [2.24, 2.45) is 0 Å². The maximum atomic E-state index is 15.2. The molecule has 5 rings (SSSR count). The molecule has 0 spiro atoms. The Morgan fingerprint density at radius 1 is 1.11 bits per heavy atom. The molecule has 5 aromatic heterocycles. The predicted octanol–water partition coefficient (Wildman–Crippen LogP) is 4.00. The van der Waals surface area contributed by atoms with Crippen molar-refractivity contribution in [2.45, 2.75) is 13.1 Å². The number of anilines is 1. The smallest absolute Gasteiger partial charge is 0.309 e. The summed E-state index contributed by atoms with van der Waals surface area (Å²) in [6.45, 7) is -0.103. The fourth-order valence-corrected chi connectivity index (χ4v) is 4.96. The van der Waals surface area contributed by atoms with Gasteiger partial charge in [-0.05, 0) is 24.3 Å². The normalized spacial score (nSPS) is 11.0. The van der Waals surface area contributed by atoms with Crippen LogP contribution in [0.1, 0.15) is 25.3 Å². The minimum Gasteiger partial charge on any atom is -0.365 e. The molecule has 0 bridgehead atoms. The number of hydrogen-bond acceptors (Lipinski definition) is 10. The molecule has 0 fully saturated rings. The lowest BCUT2D eigenvalue weighted by molar-refractivity contribution is 0.0943. The first-order valence-corrected chi connectivity index (χ1v) is 12.7. The monoisotopic (exact) mass is 555 g/mol. The van der Waals surface area contributed by atoms with Gasteiger partial charge in [0.05, 0.1) is 23.1 Å². The van der Waals surface area contributed by atoms with Gasteiger partial charge in [0.2, 0.25) is 5.78 Å². The first kappa shape index (κ1) is 24.6. The Labute approximate surface area is 221 Å². The van der Waals surface area contributed by atoms with Crippen molar-refractivity contribution >= 4 is 51.8 Å². The quantitative estimate of drug-likeness (QED) is 0.285. The minimum absolute atomic E-state index is 0.0519. The summed E-state index contributed by atoms with van der Waals surface area (Å²) in [6.07, 6.45) is 5.57. The zero-order valence-corrected chi connectivity index (χ0v) is 21.1. The highest BCUT2D eigenvalue weighted by Crippen LogP contribution is 2.26. The van der Waals surface area contributed by atoms with E-state index >= 15 is 4.39 Å². The van der Waals surface area contributed by atoms with Crippen LogP contribution < -0.4 is 10.9 Å². The summed E-state index contributed by atoms with van der Waals surface area (Å²) < 4.78 is 17.8. The highest BCUT2D eigenvalue weighted by Gasteiger charge is 2.22. The number of carbonyl (C=O) groups is 2. The van der Waals surface area contributed by atoms with Gasteiger partial charge in [0.15, 0.2) is 16.6 Å². The van der Waals surface area contributed by atoms with E-state index in [9.17, 15) is 14.4 Å². The lowest BCUT2D eigenvalue weighted by Crippen LogP contribution is -2.27. The molecule has 0 aliphatic carbocycles. The molecular weight excluding hydrogens is 541 g/mol. The van der Waals surface area contributed by atoms with Gasteiger partial charge in [-0.2, -0.15) is 9.78 Å². The zero-order valence-electron chi connectivity index (χ0n) is 18.7. The van der Waals surface area contributed by atoms with Crippen LogP contribution >= 0.6 is 34.3 Å². The minimum atomic E-state index is -1.12. The summed E-state index contributed by atoms with van der Waals surface area (Å²) in [7, 11) is 0. The van der Waals surface area contributed by atoms with E-state index in [-0.39, 0.29) is 27.9 Å². The maximum Gasteiger partial charge on any atom is 0.309 e. The van der Waals surface area contributed by atoms with E-state index in [0.29, 0.717) is 10.9 Å². The zero-order chi connectivity index (χ0) is 25.9. The van der Waals surface area contributed by atoms with Gasteiger partial charge in [-0.3, -0.25) is 14.4 Å². The molecule has 0 atom stereocenters. The van der Waals surface area contributed by atoms with Crippen LogP contribution in [-0.4, -0.2) is 41.0 Å². The molecular formula is C23H15ClFN7O3S2. The van der Waals surface area contributed by atoms with Crippen molar-refractivity contribution in [1.29, 1.82) is 0 Å². The number of nitrogens with one attached hydrogen (secondary N) is 1. The number of Topliss-reactive ketones (excluding diaryl/α,β-unsaturated/α-hetero) is 1. The Hall–Kier alpha value is -4.07. The molecule has 0 aliphatic rings. The summed E-state index contributed by atoms with van der Waals surface area (Å²) in [5, 5.41) is 9.22. The maximum absolute atomic E-state index is 15.2. The predicted molar refractivity (Wildman–Crippen MR) is 137 cm³/mol. The molecule has 0 aromatic carbocycles. The number of thiophene rings is 1. The van der Waals surface area contributed by atoms with Gasteiger partial charge in [0, 0.05) is 46.7 Å². The molecule has 0 radical (unpaired) electrons. The number of nitrogens with zero attached hydrogens (tertiary/aromatic N) is 6. The number of carbonyl (C=O) groups excluding carboxylic acids is 2. The molecule has 10 nitrogen and oxygen atoms in total. The number of thiazole rings is 1. The molecule has 0 aliphatic heterocycles. The number of hydrogen-bond donors (Lipinski definition) is 1. The second-order valence-electron chi connectivity index (χ2n) is 7.50. The fourth-order valence-electron chi connectivity index (χ4n) is 3.38. The summed E-state index contributed by atoms with van der Waals surface area (Å²) in [4.78, 5) is 50.8. The Morgan fingerprint density at radius 2 is 1.92 bits per heavy atom. The third-order valence-electron chi connectivity index (χ3n) is 5.10. The Bertz CT molecular complexity index is 1650. The third kappa shape index (κ3) is 5.23. The van der Waals surface area contributed by atoms with E-state index < -0.39 is 29.6 Å². The van der Waals surface area contributed by atoms with E-state index in [4.69, 9.17) is 11.6 Å². The molecule has 1 N–H and O–H groups in total.